The highest BCUT2D eigenvalue weighted by Crippen LogP contribution is 2.33. The molecule has 0 spiro atoms. The molecule has 0 bridgehead atoms. The Hall–Kier alpha value is -2.73. The Bertz CT molecular complexity index is 949. The molecule has 0 unspecified atom stereocenters. The number of nitrogens with one attached hydrogen (secondary N) is 1. The largest absolute Gasteiger partial charge is 0.490 e. The van der Waals surface area contributed by atoms with Crippen molar-refractivity contribution in [2.45, 2.75) is 91.1 Å². The fraction of sp³-hybridized carbons (Fsp3) is 0.724. The average molecular weight is 594 g/mol. The summed E-state index contributed by atoms with van der Waals surface area (Å²) < 4.78 is 59.4. The fourth-order valence-corrected chi connectivity index (χ4v) is 4.08. The highest BCUT2D eigenvalue weighted by Gasteiger charge is 2.32. The molecule has 41 heavy (non-hydrogen) atoms. The van der Waals surface area contributed by atoms with Gasteiger partial charge in [-0.1, -0.05) is 26.8 Å². The third kappa shape index (κ3) is 15.2. The number of carboxylic acid groups (broad SMARTS) is 1. The van der Waals surface area contributed by atoms with E-state index in [4.69, 9.17) is 18.9 Å². The number of alkyl halides is 3. The first kappa shape index (κ1) is 36.3. The van der Waals surface area contributed by atoms with Crippen molar-refractivity contribution in [3.05, 3.63) is 23.8 Å². The number of benzene rings is 1. The summed E-state index contributed by atoms with van der Waals surface area (Å²) in [7, 11) is 1.54. The number of aliphatic hydroxyl groups excluding tert-OH is 1. The minimum absolute atomic E-state index is 0.0351. The van der Waals surface area contributed by atoms with Crippen LogP contribution in [0.1, 0.15) is 66.4 Å². The predicted octanol–water partition coefficient (Wildman–Crippen LogP) is 5.61. The van der Waals surface area contributed by atoms with Crippen molar-refractivity contribution < 1.29 is 51.9 Å². The van der Waals surface area contributed by atoms with E-state index < -0.39 is 48.5 Å². The molecule has 1 amide bonds. The van der Waals surface area contributed by atoms with E-state index in [9.17, 15) is 33.0 Å². The van der Waals surface area contributed by atoms with E-state index >= 15 is 0 Å². The van der Waals surface area contributed by atoms with E-state index in [-0.39, 0.29) is 36.4 Å². The molecule has 0 aliphatic heterocycles. The first-order valence-corrected chi connectivity index (χ1v) is 13.8. The van der Waals surface area contributed by atoms with Gasteiger partial charge in [-0.15, -0.1) is 0 Å². The molecule has 0 heterocycles. The maximum absolute atomic E-state index is 12.8. The molecule has 0 aromatic heterocycles. The minimum Gasteiger partial charge on any atom is -0.490 e. The first-order chi connectivity index (χ1) is 18.9. The van der Waals surface area contributed by atoms with Gasteiger partial charge in [0.15, 0.2) is 18.1 Å². The maximum Gasteiger partial charge on any atom is 0.422 e. The second-order valence-electron chi connectivity index (χ2n) is 11.6. The van der Waals surface area contributed by atoms with E-state index in [2.05, 4.69) is 5.32 Å². The van der Waals surface area contributed by atoms with Gasteiger partial charge in [-0.25, -0.2) is 4.79 Å². The number of hydrogen-bond donors (Lipinski definition) is 3. The van der Waals surface area contributed by atoms with Crippen molar-refractivity contribution in [1.82, 2.24) is 5.32 Å². The fourth-order valence-electron chi connectivity index (χ4n) is 4.08. The summed E-state index contributed by atoms with van der Waals surface area (Å²) in [5.41, 5.74) is -0.0183. The van der Waals surface area contributed by atoms with Gasteiger partial charge >= 0.3 is 18.2 Å². The number of rotatable bonds is 17. The molecule has 0 fully saturated rings. The number of aliphatic carboxylic acids is 1. The lowest BCUT2D eigenvalue weighted by molar-refractivity contribution is -0.153. The van der Waals surface area contributed by atoms with Crippen molar-refractivity contribution in [3.63, 3.8) is 0 Å². The molecular formula is C29H46F3NO8. The second kappa shape index (κ2) is 16.6. The van der Waals surface area contributed by atoms with E-state index in [1.165, 1.54) is 20.1 Å². The molecule has 12 heteroatoms. The summed E-state index contributed by atoms with van der Waals surface area (Å²) >= 11 is 0. The molecule has 3 N–H and O–H groups in total. The summed E-state index contributed by atoms with van der Waals surface area (Å²) in [6.07, 6.45) is -5.22. The van der Waals surface area contributed by atoms with Crippen molar-refractivity contribution in [2.75, 3.05) is 26.9 Å². The summed E-state index contributed by atoms with van der Waals surface area (Å²) in [5, 5.41) is 23.0. The number of alkyl carbamates (subject to hydrolysis) is 1. The molecule has 0 aliphatic carbocycles. The van der Waals surface area contributed by atoms with Crippen LogP contribution in [0.15, 0.2) is 18.2 Å². The molecule has 0 radical (unpaired) electrons. The summed E-state index contributed by atoms with van der Waals surface area (Å²) in [5.74, 6) is -1.82. The van der Waals surface area contributed by atoms with E-state index in [1.54, 1.807) is 32.9 Å². The molecule has 9 nitrogen and oxygen atoms in total. The summed E-state index contributed by atoms with van der Waals surface area (Å²) in [4.78, 5) is 24.0. The van der Waals surface area contributed by atoms with Crippen LogP contribution < -0.4 is 14.8 Å². The van der Waals surface area contributed by atoms with Gasteiger partial charge in [-0.05, 0) is 69.6 Å². The third-order valence-electron chi connectivity index (χ3n) is 6.33. The molecule has 4 atom stereocenters. The lowest BCUT2D eigenvalue weighted by Gasteiger charge is -2.32. The number of ether oxygens (including phenoxy) is 4. The number of carboxylic acids is 1. The maximum atomic E-state index is 12.8. The van der Waals surface area contributed by atoms with Crippen molar-refractivity contribution in [1.29, 1.82) is 0 Å². The van der Waals surface area contributed by atoms with E-state index in [0.29, 0.717) is 25.9 Å². The second-order valence-corrected chi connectivity index (χ2v) is 11.6. The van der Waals surface area contributed by atoms with Crippen LogP contribution in [-0.2, 0) is 20.7 Å². The number of amides is 1. The third-order valence-corrected chi connectivity index (χ3v) is 6.33. The highest BCUT2D eigenvalue weighted by molar-refractivity contribution is 5.70. The molecule has 0 aliphatic rings. The van der Waals surface area contributed by atoms with Gasteiger partial charge in [0.1, 0.15) is 5.60 Å². The molecule has 1 aromatic rings. The van der Waals surface area contributed by atoms with Gasteiger partial charge in [0.2, 0.25) is 0 Å². The Labute approximate surface area is 240 Å². The average Bonchev–Trinajstić information content (AvgIpc) is 2.83. The first-order valence-electron chi connectivity index (χ1n) is 13.8. The Balaban J connectivity index is 3.21. The Morgan fingerprint density at radius 1 is 1.00 bits per heavy atom. The van der Waals surface area contributed by atoms with Crippen molar-refractivity contribution in [2.24, 2.45) is 17.8 Å². The van der Waals surface area contributed by atoms with E-state index in [1.807, 2.05) is 13.8 Å². The van der Waals surface area contributed by atoms with Gasteiger partial charge in [0.25, 0.3) is 0 Å². The van der Waals surface area contributed by atoms with Crippen LogP contribution in [0.5, 0.6) is 11.5 Å². The predicted molar refractivity (Wildman–Crippen MR) is 147 cm³/mol. The van der Waals surface area contributed by atoms with Crippen LogP contribution in [0.2, 0.25) is 0 Å². The van der Waals surface area contributed by atoms with Crippen LogP contribution in [-0.4, -0.2) is 73.1 Å². The Morgan fingerprint density at radius 3 is 2.20 bits per heavy atom. The zero-order chi connectivity index (χ0) is 31.4. The Morgan fingerprint density at radius 2 is 1.66 bits per heavy atom. The summed E-state index contributed by atoms with van der Waals surface area (Å²) in [6, 6.07) is 3.91. The van der Waals surface area contributed by atoms with Crippen LogP contribution in [0.25, 0.3) is 0 Å². The van der Waals surface area contributed by atoms with Gasteiger partial charge < -0.3 is 34.5 Å². The smallest absolute Gasteiger partial charge is 0.422 e. The van der Waals surface area contributed by atoms with E-state index in [0.717, 1.165) is 5.56 Å². The number of halogens is 3. The SMILES string of the molecule is COCCCOc1cc(C[C@@H](C[C@H](NC(=O)OC(C)(C)C)[C@@H](O)C[C@@H](C)C(=O)O)C(C)C)ccc1OCC(F)(F)F. The van der Waals surface area contributed by atoms with Gasteiger partial charge in [-0.2, -0.15) is 13.2 Å². The Kier molecular flexibility index (Phi) is 14.7. The molecule has 0 saturated carbocycles. The van der Waals surface area contributed by atoms with Crippen molar-refractivity contribution >= 4 is 12.1 Å². The summed E-state index contributed by atoms with van der Waals surface area (Å²) in [6.45, 7) is 9.72. The number of aliphatic hydroxyl groups is 1. The lowest BCUT2D eigenvalue weighted by atomic mass is 9.82. The number of hydrogen-bond acceptors (Lipinski definition) is 7. The van der Waals surface area contributed by atoms with Gasteiger partial charge in [-0.3, -0.25) is 4.79 Å². The quantitative estimate of drug-likeness (QED) is 0.199. The molecule has 236 valence electrons. The zero-order valence-electron chi connectivity index (χ0n) is 25.0. The molecular weight excluding hydrogens is 547 g/mol. The van der Waals surface area contributed by atoms with Crippen LogP contribution in [0.3, 0.4) is 0 Å². The minimum atomic E-state index is -4.51. The molecule has 1 rings (SSSR count). The number of carbonyl (C=O) groups is 2. The lowest BCUT2D eigenvalue weighted by Crippen LogP contribution is -2.47. The van der Waals surface area contributed by atoms with Gasteiger partial charge in [0.05, 0.1) is 24.7 Å². The normalized spacial score (nSPS) is 15.1. The van der Waals surface area contributed by atoms with Crippen LogP contribution >= 0.6 is 0 Å². The zero-order valence-corrected chi connectivity index (χ0v) is 25.0. The van der Waals surface area contributed by atoms with Crippen LogP contribution in [0, 0.1) is 17.8 Å². The van der Waals surface area contributed by atoms with Crippen molar-refractivity contribution in [3.8, 4) is 11.5 Å². The standard InChI is InChI=1S/C29H46F3NO8/c1-18(2)21(16-22(23(34)13-19(3)26(35)36)33-27(37)41-28(4,5)6)14-20-9-10-24(40-17-29(30,31)32)25(15-20)39-12-8-11-38-7/h9-10,15,18-19,21-23,34H,8,11-14,16-17H2,1-7H3,(H,33,37)(H,35,36)/t19-,21+,22+,23+/m1/s1. The van der Waals surface area contributed by atoms with Crippen LogP contribution in [0.4, 0.5) is 18.0 Å². The number of carbonyl (C=O) groups excluding carboxylic acids is 1. The number of methoxy groups -OCH3 is 1. The highest BCUT2D eigenvalue weighted by atomic mass is 19.4. The topological polar surface area (TPSA) is 124 Å². The van der Waals surface area contributed by atoms with Gasteiger partial charge in [0, 0.05) is 20.1 Å². The molecule has 0 saturated heterocycles. The molecule has 1 aromatic carbocycles. The monoisotopic (exact) mass is 593 g/mol.